The Bertz CT molecular complexity index is 1220. The number of amides is 1. The van der Waals surface area contributed by atoms with Crippen LogP contribution in [0.3, 0.4) is 0 Å². The number of nitrogens with zero attached hydrogens (tertiary/aromatic N) is 4. The predicted molar refractivity (Wildman–Crippen MR) is 143 cm³/mol. The van der Waals surface area contributed by atoms with E-state index in [1.54, 1.807) is 11.8 Å². The molecule has 4 aliphatic heterocycles. The molecule has 0 radical (unpaired) electrons. The molecule has 2 atom stereocenters. The lowest BCUT2D eigenvalue weighted by molar-refractivity contribution is -0.116. The topological polar surface area (TPSA) is 66.8 Å². The fraction of sp³-hybridized carbons (Fsp3) is 0.448. The van der Waals surface area contributed by atoms with Crippen molar-refractivity contribution in [2.45, 2.75) is 20.0 Å². The summed E-state index contributed by atoms with van der Waals surface area (Å²) < 4.78 is 12.0. The van der Waals surface area contributed by atoms with Crippen LogP contribution < -0.4 is 14.4 Å². The second kappa shape index (κ2) is 10.2. The molecule has 0 bridgehead atoms. The number of carbonyl (C=O) groups is 1. The summed E-state index contributed by atoms with van der Waals surface area (Å²) in [7, 11) is 0. The largest absolute Gasteiger partial charge is 0.492 e. The van der Waals surface area contributed by atoms with E-state index in [1.807, 2.05) is 12.1 Å². The molecule has 4 heterocycles. The van der Waals surface area contributed by atoms with Crippen molar-refractivity contribution >= 4 is 23.4 Å². The minimum absolute atomic E-state index is 0.00210. The van der Waals surface area contributed by atoms with Crippen molar-refractivity contribution < 1.29 is 19.1 Å². The van der Waals surface area contributed by atoms with Crippen LogP contribution in [0.25, 0.3) is 6.08 Å². The van der Waals surface area contributed by atoms with Gasteiger partial charge in [-0.2, -0.15) is 0 Å². The summed E-state index contributed by atoms with van der Waals surface area (Å²) in [6.45, 7) is 11.3. The van der Waals surface area contributed by atoms with Crippen molar-refractivity contribution in [1.82, 2.24) is 9.80 Å². The molecular weight excluding hydrogens is 468 g/mol. The number of fused-ring (bicyclic) bond motifs is 4. The van der Waals surface area contributed by atoms with Gasteiger partial charge in [-0.05, 0) is 18.6 Å². The van der Waals surface area contributed by atoms with E-state index in [9.17, 15) is 4.79 Å². The average Bonchev–Trinajstić information content (AvgIpc) is 3.32. The monoisotopic (exact) mass is 502 g/mol. The zero-order chi connectivity index (χ0) is 25.4. The zero-order valence-electron chi connectivity index (χ0n) is 21.6. The average molecular weight is 503 g/mol. The Labute approximate surface area is 218 Å². The Kier molecular flexibility index (Phi) is 6.61. The summed E-state index contributed by atoms with van der Waals surface area (Å²) >= 11 is 0. The van der Waals surface area contributed by atoms with E-state index in [1.165, 1.54) is 11.1 Å². The summed E-state index contributed by atoms with van der Waals surface area (Å²) in [5.41, 5.74) is 5.24. The molecule has 194 valence electrons. The van der Waals surface area contributed by atoms with Crippen LogP contribution in [0.5, 0.6) is 11.5 Å². The van der Waals surface area contributed by atoms with Crippen LogP contribution in [-0.4, -0.2) is 86.5 Å². The van der Waals surface area contributed by atoms with Gasteiger partial charge in [-0.3, -0.25) is 14.6 Å². The molecule has 37 heavy (non-hydrogen) atoms. The van der Waals surface area contributed by atoms with Gasteiger partial charge in [-0.1, -0.05) is 47.1 Å². The molecule has 8 heteroatoms. The van der Waals surface area contributed by atoms with Gasteiger partial charge in [0.1, 0.15) is 30.4 Å². The van der Waals surface area contributed by atoms with Crippen LogP contribution in [0.1, 0.15) is 25.0 Å². The van der Waals surface area contributed by atoms with Gasteiger partial charge in [0.05, 0.1) is 18.2 Å². The van der Waals surface area contributed by atoms with Gasteiger partial charge in [0.15, 0.2) is 6.10 Å². The van der Waals surface area contributed by atoms with Crippen molar-refractivity contribution in [2.75, 3.05) is 63.9 Å². The molecule has 0 saturated carbocycles. The van der Waals surface area contributed by atoms with E-state index < -0.39 is 0 Å². The first-order valence-electron chi connectivity index (χ1n) is 13.2. The van der Waals surface area contributed by atoms with Crippen molar-refractivity contribution in [1.29, 1.82) is 0 Å². The number of benzene rings is 2. The van der Waals surface area contributed by atoms with E-state index in [-0.39, 0.29) is 17.9 Å². The summed E-state index contributed by atoms with van der Waals surface area (Å²) in [4.78, 5) is 24.8. The first-order chi connectivity index (χ1) is 18.0. The van der Waals surface area contributed by atoms with Crippen LogP contribution in [-0.2, 0) is 9.63 Å². The maximum atomic E-state index is 12.1. The van der Waals surface area contributed by atoms with Crippen molar-refractivity contribution in [2.24, 2.45) is 11.1 Å². The molecule has 4 aliphatic rings. The summed E-state index contributed by atoms with van der Waals surface area (Å²) in [5, 5.41) is 4.50. The van der Waals surface area contributed by atoms with Crippen molar-refractivity contribution in [3.05, 3.63) is 59.2 Å². The first kappa shape index (κ1) is 24.0. The van der Waals surface area contributed by atoms with Crippen molar-refractivity contribution in [3.63, 3.8) is 0 Å². The van der Waals surface area contributed by atoms with Crippen LogP contribution in [0.15, 0.2) is 53.2 Å². The highest BCUT2D eigenvalue weighted by atomic mass is 16.6. The third kappa shape index (κ3) is 4.95. The van der Waals surface area contributed by atoms with Gasteiger partial charge < -0.3 is 19.2 Å². The number of oxime groups is 1. The molecule has 1 saturated heterocycles. The van der Waals surface area contributed by atoms with Crippen LogP contribution in [0.4, 0.5) is 5.69 Å². The van der Waals surface area contributed by atoms with Crippen molar-refractivity contribution in [3.8, 4) is 11.5 Å². The number of carbonyl (C=O) groups excluding carboxylic acids is 1. The fourth-order valence-corrected chi connectivity index (χ4v) is 5.72. The summed E-state index contributed by atoms with van der Waals surface area (Å²) in [6.07, 6.45) is 2.25. The number of ether oxygens (including phenoxy) is 2. The van der Waals surface area contributed by atoms with Crippen LogP contribution in [0, 0.1) is 5.92 Å². The molecule has 1 amide bonds. The van der Waals surface area contributed by atoms with E-state index in [0.717, 1.165) is 62.0 Å². The maximum absolute atomic E-state index is 12.1. The first-order valence-corrected chi connectivity index (χ1v) is 13.2. The maximum Gasteiger partial charge on any atom is 0.224 e. The Balaban J connectivity index is 1.06. The molecular formula is C29H34N4O4. The molecule has 2 aromatic carbocycles. The molecule has 0 N–H and O–H groups in total. The second-order valence-corrected chi connectivity index (χ2v) is 10.4. The Morgan fingerprint density at radius 2 is 1.78 bits per heavy atom. The van der Waals surface area contributed by atoms with Gasteiger partial charge in [0.25, 0.3) is 0 Å². The quantitative estimate of drug-likeness (QED) is 0.625. The van der Waals surface area contributed by atoms with E-state index >= 15 is 0 Å². The molecule has 0 aliphatic carbocycles. The standard InChI is InChI=1S/C29H34N4O4/c1-20(14-22-6-4-3-5-7-22)17-31-8-10-32(11-9-31)18-28-24-19-36-26-16-25-27(15-23(26)29(24)30-37-28)35-13-12-33(25)21(2)34/h3-7,14-16,24,28H,8-13,17-19H2,1-2H3/b20-14+. The number of piperazine rings is 1. The lowest BCUT2D eigenvalue weighted by Crippen LogP contribution is -2.50. The van der Waals surface area contributed by atoms with Gasteiger partial charge in [-0.15, -0.1) is 0 Å². The second-order valence-electron chi connectivity index (χ2n) is 10.4. The molecule has 0 spiro atoms. The van der Waals surface area contributed by atoms with E-state index in [4.69, 9.17) is 14.3 Å². The minimum Gasteiger partial charge on any atom is -0.492 e. The molecule has 6 rings (SSSR count). The van der Waals surface area contributed by atoms with E-state index in [2.05, 4.69) is 58.3 Å². The summed E-state index contributed by atoms with van der Waals surface area (Å²) in [6, 6.07) is 14.4. The predicted octanol–water partition coefficient (Wildman–Crippen LogP) is 3.26. The molecule has 2 unspecified atom stereocenters. The SMILES string of the molecule is CC(=O)N1CCOc2cc3c(cc21)OCC1C3=NOC1CN1CCN(C/C(C)=C/c2ccccc2)CC1. The number of anilines is 1. The lowest BCUT2D eigenvalue weighted by atomic mass is 9.89. The van der Waals surface area contributed by atoms with Gasteiger partial charge in [-0.25, -0.2) is 0 Å². The Morgan fingerprint density at radius 3 is 2.57 bits per heavy atom. The van der Waals surface area contributed by atoms with Gasteiger partial charge in [0, 0.05) is 57.8 Å². The molecule has 1 fully saturated rings. The molecule has 0 aromatic heterocycles. The fourth-order valence-electron chi connectivity index (χ4n) is 5.72. The van der Waals surface area contributed by atoms with Gasteiger partial charge in [0.2, 0.25) is 5.91 Å². The van der Waals surface area contributed by atoms with Gasteiger partial charge >= 0.3 is 0 Å². The van der Waals surface area contributed by atoms with Crippen LogP contribution in [0.2, 0.25) is 0 Å². The number of hydrogen-bond donors (Lipinski definition) is 0. The third-order valence-corrected chi connectivity index (χ3v) is 7.67. The Hall–Kier alpha value is -3.36. The smallest absolute Gasteiger partial charge is 0.224 e. The zero-order valence-corrected chi connectivity index (χ0v) is 21.6. The normalized spacial score (nSPS) is 23.7. The van der Waals surface area contributed by atoms with Crippen LogP contribution >= 0.6 is 0 Å². The lowest BCUT2D eigenvalue weighted by Gasteiger charge is -2.36. The van der Waals surface area contributed by atoms with E-state index in [0.29, 0.717) is 25.5 Å². The number of rotatable bonds is 5. The highest BCUT2D eigenvalue weighted by Gasteiger charge is 2.42. The summed E-state index contributed by atoms with van der Waals surface area (Å²) in [5.74, 6) is 1.53. The minimum atomic E-state index is -0.0277. The number of hydrogen-bond acceptors (Lipinski definition) is 7. The molecule has 2 aromatic rings. The highest BCUT2D eigenvalue weighted by molar-refractivity contribution is 6.07. The third-order valence-electron chi connectivity index (χ3n) is 7.67. The Morgan fingerprint density at radius 1 is 1.00 bits per heavy atom. The molecule has 8 nitrogen and oxygen atoms in total. The highest BCUT2D eigenvalue weighted by Crippen LogP contribution is 2.42.